The van der Waals surface area contributed by atoms with E-state index >= 15 is 0 Å². The van der Waals surface area contributed by atoms with Gasteiger partial charge < -0.3 is 24.9 Å². The summed E-state index contributed by atoms with van der Waals surface area (Å²) in [4.78, 5) is 52.8. The molecule has 3 heterocycles. The summed E-state index contributed by atoms with van der Waals surface area (Å²) in [5.41, 5.74) is 3.59. The Morgan fingerprint density at radius 3 is 2.14 bits per heavy atom. The first-order chi connectivity index (χ1) is 27.9. The lowest BCUT2D eigenvalue weighted by atomic mass is 9.77. The van der Waals surface area contributed by atoms with Crippen molar-refractivity contribution >= 4 is 63.3 Å². The zero-order valence-electron chi connectivity index (χ0n) is 30.8. The molecule has 2 N–H and O–H groups in total. The highest BCUT2D eigenvalue weighted by Gasteiger charge is 2.54. The minimum atomic E-state index is -0.966. The van der Waals surface area contributed by atoms with Crippen molar-refractivity contribution in [3.8, 4) is 5.75 Å². The van der Waals surface area contributed by atoms with Gasteiger partial charge in [-0.05, 0) is 40.0 Å². The van der Waals surface area contributed by atoms with Crippen LogP contribution in [0.1, 0.15) is 27.9 Å². The number of hydrogen-bond acceptors (Lipinski definition) is 11. The molecule has 1 fully saturated rings. The van der Waals surface area contributed by atoms with Crippen LogP contribution in [0.3, 0.4) is 0 Å². The van der Waals surface area contributed by atoms with Gasteiger partial charge in [0.05, 0.1) is 7.11 Å². The van der Waals surface area contributed by atoms with E-state index in [1.54, 1.807) is 36.8 Å². The first-order valence-electron chi connectivity index (χ1n) is 17.9. The lowest BCUT2D eigenvalue weighted by Gasteiger charge is -2.49. The minimum absolute atomic E-state index is 0.0138. The molecule has 5 aromatic rings. The van der Waals surface area contributed by atoms with Crippen LogP contribution < -0.4 is 15.4 Å². The molecule has 11 nitrogen and oxygen atoms in total. The maximum absolute atomic E-state index is 14.0. The van der Waals surface area contributed by atoms with Crippen molar-refractivity contribution < 1.29 is 28.7 Å². The van der Waals surface area contributed by atoms with Crippen LogP contribution in [0.4, 0.5) is 5.13 Å². The molecular weight excluding hydrogens is 782 g/mol. The van der Waals surface area contributed by atoms with E-state index in [1.165, 1.54) is 34.1 Å². The highest BCUT2D eigenvalue weighted by atomic mass is 35.5. The van der Waals surface area contributed by atoms with Gasteiger partial charge in [-0.3, -0.25) is 14.5 Å². The first-order valence-corrected chi connectivity index (χ1v) is 20.4. The molecule has 1 unspecified atom stereocenters. The maximum Gasteiger partial charge on any atom is 0.355 e. The molecule has 0 spiro atoms. The van der Waals surface area contributed by atoms with Crippen LogP contribution in [0, 0.1) is 0 Å². The number of esters is 1. The molecule has 290 valence electrons. The standard InChI is InChI=1S/C43H38ClN5O6S2/c1-3-23-55-48-35(34-27-57-42(45-34)47-43(30-13-7-4-8-14-30,31-15-9-5-10-16-31)32-17-11-6-12-18-32)38(50)46-36-39(51)49-37(29(24-44)26-56-40(36)49)41(52)54-25-28-19-21-33(53-2)22-20-28/h3-22,27,36,40H,1,23-26H2,2H3,(H,45,47)(H,46,50)/b48-35+/t36?,40-/m1/s1. The van der Waals surface area contributed by atoms with Gasteiger partial charge in [-0.25, -0.2) is 9.78 Å². The van der Waals surface area contributed by atoms with Gasteiger partial charge in [-0.1, -0.05) is 121 Å². The van der Waals surface area contributed by atoms with Gasteiger partial charge in [0, 0.05) is 17.0 Å². The summed E-state index contributed by atoms with van der Waals surface area (Å²) >= 11 is 8.93. The van der Waals surface area contributed by atoms with Crippen molar-refractivity contribution in [1.82, 2.24) is 15.2 Å². The Morgan fingerprint density at radius 1 is 0.965 bits per heavy atom. The van der Waals surface area contributed by atoms with Crippen LogP contribution in [-0.4, -0.2) is 70.1 Å². The largest absolute Gasteiger partial charge is 0.497 e. The van der Waals surface area contributed by atoms with Crippen molar-refractivity contribution in [3.05, 3.63) is 173 Å². The molecule has 2 aliphatic rings. The Bertz CT molecular complexity index is 2190. The molecule has 0 bridgehead atoms. The summed E-state index contributed by atoms with van der Waals surface area (Å²) in [6.07, 6.45) is 1.50. The van der Waals surface area contributed by atoms with Gasteiger partial charge in [-0.15, -0.1) is 34.7 Å². The number of β-lactam (4-membered cyclic amide) rings is 1. The number of methoxy groups -OCH3 is 1. The second-order valence-corrected chi connectivity index (χ2v) is 15.1. The number of alkyl halides is 1. The van der Waals surface area contributed by atoms with Crippen LogP contribution in [0.25, 0.3) is 0 Å². The number of thiazole rings is 1. The second-order valence-electron chi connectivity index (χ2n) is 12.9. The molecule has 57 heavy (non-hydrogen) atoms. The fraction of sp³-hybridized carbons (Fsp3) is 0.186. The number of amides is 2. The number of nitrogens with one attached hydrogen (secondary N) is 2. The van der Waals surface area contributed by atoms with Crippen molar-refractivity contribution in [3.63, 3.8) is 0 Å². The van der Waals surface area contributed by atoms with Crippen molar-refractivity contribution in [1.29, 1.82) is 0 Å². The van der Waals surface area contributed by atoms with Crippen LogP contribution in [-0.2, 0) is 36.1 Å². The molecule has 0 saturated carbocycles. The monoisotopic (exact) mass is 819 g/mol. The van der Waals surface area contributed by atoms with Gasteiger partial charge in [0.25, 0.3) is 11.8 Å². The van der Waals surface area contributed by atoms with Crippen molar-refractivity contribution in [2.45, 2.75) is 23.6 Å². The molecule has 1 aromatic heterocycles. The van der Waals surface area contributed by atoms with E-state index < -0.39 is 34.7 Å². The summed E-state index contributed by atoms with van der Waals surface area (Å²) in [7, 11) is 1.57. The van der Waals surface area contributed by atoms with Crippen LogP contribution in [0.15, 0.2) is 150 Å². The molecule has 4 aromatic carbocycles. The van der Waals surface area contributed by atoms with Gasteiger partial charge in [0.2, 0.25) is 0 Å². The number of fused-ring (bicyclic) bond motifs is 1. The molecule has 7 rings (SSSR count). The van der Waals surface area contributed by atoms with Gasteiger partial charge in [0.15, 0.2) is 10.8 Å². The number of carbonyl (C=O) groups is 3. The van der Waals surface area contributed by atoms with Crippen LogP contribution in [0.2, 0.25) is 0 Å². The number of hydrogen-bond donors (Lipinski definition) is 2. The van der Waals surface area contributed by atoms with Crippen molar-refractivity contribution in [2.75, 3.05) is 30.7 Å². The van der Waals surface area contributed by atoms with Crippen LogP contribution in [0.5, 0.6) is 5.75 Å². The molecule has 14 heteroatoms. The summed E-state index contributed by atoms with van der Waals surface area (Å²) in [6, 6.07) is 36.4. The van der Waals surface area contributed by atoms with E-state index in [2.05, 4.69) is 58.8 Å². The second kappa shape index (κ2) is 17.9. The third-order valence-electron chi connectivity index (χ3n) is 9.44. The summed E-state index contributed by atoms with van der Waals surface area (Å²) in [6.45, 7) is 3.70. The average Bonchev–Trinajstić information content (AvgIpc) is 3.73. The van der Waals surface area contributed by atoms with E-state index in [0.29, 0.717) is 22.2 Å². The number of aromatic nitrogens is 1. The molecule has 0 radical (unpaired) electrons. The fourth-order valence-corrected chi connectivity index (χ4v) is 9.09. The smallest absolute Gasteiger partial charge is 0.355 e. The molecule has 2 amide bonds. The number of halogens is 1. The SMILES string of the molecule is C=CCO/N=C(/C(=O)NC1C(=O)N2C(C(=O)OCc3ccc(OC)cc3)=C(CCl)CS[C@H]12)c1csc(NC(c2ccccc2)(c2ccccc2)c2ccccc2)n1. The third kappa shape index (κ3) is 8.18. The summed E-state index contributed by atoms with van der Waals surface area (Å²) in [5.74, 6) is -0.758. The highest BCUT2D eigenvalue weighted by molar-refractivity contribution is 8.00. The van der Waals surface area contributed by atoms with E-state index in [1.807, 2.05) is 54.6 Å². The number of ether oxygens (including phenoxy) is 2. The van der Waals surface area contributed by atoms with Gasteiger partial charge in [0.1, 0.15) is 47.3 Å². The molecular formula is C43H38ClN5O6S2. The van der Waals surface area contributed by atoms with Crippen molar-refractivity contribution in [2.24, 2.45) is 5.16 Å². The normalized spacial score (nSPS) is 16.6. The maximum atomic E-state index is 14.0. The number of nitrogens with zero attached hydrogens (tertiary/aromatic N) is 3. The predicted molar refractivity (Wildman–Crippen MR) is 223 cm³/mol. The molecule has 0 aliphatic carbocycles. The lowest BCUT2D eigenvalue weighted by molar-refractivity contribution is -0.153. The average molecular weight is 820 g/mol. The number of thioether (sulfide) groups is 1. The first kappa shape index (κ1) is 39.3. The molecule has 2 atom stereocenters. The summed E-state index contributed by atoms with van der Waals surface area (Å²) < 4.78 is 10.8. The quantitative estimate of drug-likeness (QED) is 0.0157. The highest BCUT2D eigenvalue weighted by Crippen LogP contribution is 2.42. The third-order valence-corrected chi connectivity index (χ3v) is 11.9. The Labute approximate surface area is 343 Å². The Morgan fingerprint density at radius 2 is 1.58 bits per heavy atom. The molecule has 1 saturated heterocycles. The Kier molecular flexibility index (Phi) is 12.4. The Balaban J connectivity index is 1.13. The van der Waals surface area contributed by atoms with E-state index in [4.69, 9.17) is 30.9 Å². The fourth-order valence-electron chi connectivity index (χ4n) is 6.66. The lowest BCUT2D eigenvalue weighted by Crippen LogP contribution is -2.71. The van der Waals surface area contributed by atoms with E-state index in [-0.39, 0.29) is 36.2 Å². The van der Waals surface area contributed by atoms with E-state index in [9.17, 15) is 14.4 Å². The zero-order valence-corrected chi connectivity index (χ0v) is 33.2. The van der Waals surface area contributed by atoms with E-state index in [0.717, 1.165) is 22.3 Å². The Hall–Kier alpha value is -5.89. The minimum Gasteiger partial charge on any atom is -0.497 e. The molecule has 2 aliphatic heterocycles. The van der Waals surface area contributed by atoms with Gasteiger partial charge >= 0.3 is 5.97 Å². The predicted octanol–water partition coefficient (Wildman–Crippen LogP) is 7.10. The number of rotatable bonds is 16. The zero-order chi connectivity index (χ0) is 39.8. The number of benzene rings is 4. The number of carbonyl (C=O) groups excluding carboxylic acids is 3. The topological polar surface area (TPSA) is 131 Å². The summed E-state index contributed by atoms with van der Waals surface area (Å²) in [5, 5.41) is 12.3. The van der Waals surface area contributed by atoms with Crippen LogP contribution >= 0.6 is 34.7 Å². The number of anilines is 1. The van der Waals surface area contributed by atoms with Gasteiger partial charge in [-0.2, -0.15) is 0 Å². The number of oxime groups is 1.